The SMILES string of the molecule is CCCCn1cc(C(=O)NCC23CCC(CC2)CC3)c2c(C)cccc21. The van der Waals surface area contributed by atoms with E-state index in [0.29, 0.717) is 5.41 Å². The number of amides is 1. The number of aromatic nitrogens is 1. The minimum Gasteiger partial charge on any atom is -0.351 e. The zero-order chi connectivity index (χ0) is 18.1. The third-order valence-electron chi connectivity index (χ3n) is 6.98. The number of rotatable bonds is 6. The molecule has 3 fully saturated rings. The van der Waals surface area contributed by atoms with Crippen LogP contribution >= 0.6 is 0 Å². The van der Waals surface area contributed by atoms with Gasteiger partial charge in [-0.2, -0.15) is 0 Å². The molecule has 1 aromatic heterocycles. The Balaban J connectivity index is 1.56. The molecule has 1 N–H and O–H groups in total. The summed E-state index contributed by atoms with van der Waals surface area (Å²) >= 11 is 0. The highest BCUT2D eigenvalue weighted by Gasteiger charge is 2.40. The topological polar surface area (TPSA) is 34.0 Å². The largest absolute Gasteiger partial charge is 0.351 e. The Morgan fingerprint density at radius 3 is 2.65 bits per heavy atom. The predicted molar refractivity (Wildman–Crippen MR) is 108 cm³/mol. The van der Waals surface area contributed by atoms with Crippen LogP contribution in [0.4, 0.5) is 0 Å². The number of nitrogens with one attached hydrogen (secondary N) is 1. The van der Waals surface area contributed by atoms with Crippen molar-refractivity contribution in [1.82, 2.24) is 9.88 Å². The lowest BCUT2D eigenvalue weighted by atomic mass is 9.61. The normalized spacial score (nSPS) is 24.9. The van der Waals surface area contributed by atoms with E-state index in [-0.39, 0.29) is 5.91 Å². The molecule has 140 valence electrons. The molecule has 1 amide bonds. The molecule has 3 heteroatoms. The Morgan fingerprint density at radius 1 is 1.23 bits per heavy atom. The zero-order valence-corrected chi connectivity index (χ0v) is 16.3. The van der Waals surface area contributed by atoms with Crippen molar-refractivity contribution in [2.45, 2.75) is 71.8 Å². The van der Waals surface area contributed by atoms with E-state index in [9.17, 15) is 4.79 Å². The number of benzene rings is 1. The van der Waals surface area contributed by atoms with Gasteiger partial charge in [0.15, 0.2) is 0 Å². The molecule has 3 aliphatic carbocycles. The van der Waals surface area contributed by atoms with Gasteiger partial charge in [-0.15, -0.1) is 0 Å². The van der Waals surface area contributed by atoms with Crippen molar-refractivity contribution in [3.8, 4) is 0 Å². The standard InChI is InChI=1S/C23H32N2O/c1-3-4-14-25-15-19(21-17(2)6-5-7-20(21)25)22(26)24-16-23-11-8-18(9-12-23)10-13-23/h5-7,15,18H,3-4,8-14,16H2,1-2H3,(H,24,26). The molecule has 0 spiro atoms. The Labute approximate surface area is 157 Å². The average molecular weight is 353 g/mol. The van der Waals surface area contributed by atoms with Gasteiger partial charge in [-0.1, -0.05) is 25.5 Å². The van der Waals surface area contributed by atoms with Gasteiger partial charge in [-0.05, 0) is 74.8 Å². The van der Waals surface area contributed by atoms with Crippen LogP contribution in [0.25, 0.3) is 10.9 Å². The van der Waals surface area contributed by atoms with E-state index >= 15 is 0 Å². The Morgan fingerprint density at radius 2 is 1.96 bits per heavy atom. The highest BCUT2D eigenvalue weighted by atomic mass is 16.1. The summed E-state index contributed by atoms with van der Waals surface area (Å²) in [7, 11) is 0. The molecule has 3 aliphatic rings. The molecular weight excluding hydrogens is 320 g/mol. The number of hydrogen-bond donors (Lipinski definition) is 1. The van der Waals surface area contributed by atoms with E-state index in [1.165, 1.54) is 49.6 Å². The molecule has 0 radical (unpaired) electrons. The van der Waals surface area contributed by atoms with Crippen LogP contribution in [-0.4, -0.2) is 17.0 Å². The van der Waals surface area contributed by atoms with Crippen LogP contribution in [-0.2, 0) is 6.54 Å². The number of nitrogens with zero attached hydrogens (tertiary/aromatic N) is 1. The average Bonchev–Trinajstić information content (AvgIpc) is 3.06. The van der Waals surface area contributed by atoms with Crippen LogP contribution < -0.4 is 5.32 Å². The number of hydrogen-bond acceptors (Lipinski definition) is 1. The smallest absolute Gasteiger partial charge is 0.253 e. The maximum atomic E-state index is 13.1. The number of aryl methyl sites for hydroxylation is 2. The second kappa shape index (κ2) is 7.09. The molecule has 0 atom stereocenters. The van der Waals surface area contributed by atoms with Crippen LogP contribution in [0, 0.1) is 18.3 Å². The van der Waals surface area contributed by atoms with E-state index in [2.05, 4.69) is 48.1 Å². The Kier molecular flexibility index (Phi) is 4.81. The van der Waals surface area contributed by atoms with Crippen LogP contribution in [0.5, 0.6) is 0 Å². The summed E-state index contributed by atoms with van der Waals surface area (Å²) in [6.07, 6.45) is 12.4. The van der Waals surface area contributed by atoms with Crippen molar-refractivity contribution in [2.24, 2.45) is 11.3 Å². The maximum absolute atomic E-state index is 13.1. The summed E-state index contributed by atoms with van der Waals surface area (Å²) in [5, 5.41) is 4.45. The fourth-order valence-electron chi connectivity index (χ4n) is 5.18. The lowest BCUT2D eigenvalue weighted by Gasteiger charge is -2.46. The summed E-state index contributed by atoms with van der Waals surface area (Å²) in [4.78, 5) is 13.1. The van der Waals surface area contributed by atoms with Crippen molar-refractivity contribution in [1.29, 1.82) is 0 Å². The first-order valence-electron chi connectivity index (χ1n) is 10.5. The van der Waals surface area contributed by atoms with Gasteiger partial charge >= 0.3 is 0 Å². The van der Waals surface area contributed by atoms with Gasteiger partial charge < -0.3 is 9.88 Å². The molecule has 3 saturated carbocycles. The number of carbonyl (C=O) groups is 1. The van der Waals surface area contributed by atoms with Gasteiger partial charge in [-0.3, -0.25) is 4.79 Å². The quantitative estimate of drug-likeness (QED) is 0.737. The van der Waals surface area contributed by atoms with Gasteiger partial charge in [0, 0.05) is 30.2 Å². The molecule has 5 rings (SSSR count). The van der Waals surface area contributed by atoms with Gasteiger partial charge in [0.25, 0.3) is 5.91 Å². The number of fused-ring (bicyclic) bond motifs is 4. The molecule has 3 nitrogen and oxygen atoms in total. The molecule has 0 unspecified atom stereocenters. The second-order valence-corrected chi connectivity index (χ2v) is 8.72. The van der Waals surface area contributed by atoms with Gasteiger partial charge in [0.1, 0.15) is 0 Å². The minimum absolute atomic E-state index is 0.113. The highest BCUT2D eigenvalue weighted by molar-refractivity contribution is 6.08. The molecule has 1 aromatic carbocycles. The number of unbranched alkanes of at least 4 members (excludes halogenated alkanes) is 1. The second-order valence-electron chi connectivity index (χ2n) is 8.72. The van der Waals surface area contributed by atoms with Crippen molar-refractivity contribution < 1.29 is 4.79 Å². The van der Waals surface area contributed by atoms with Gasteiger partial charge in [0.2, 0.25) is 0 Å². The summed E-state index contributed by atoms with van der Waals surface area (Å²) in [6, 6.07) is 6.36. The monoisotopic (exact) mass is 352 g/mol. The molecule has 1 heterocycles. The lowest BCUT2D eigenvalue weighted by molar-refractivity contribution is 0.0598. The first-order valence-corrected chi connectivity index (χ1v) is 10.5. The van der Waals surface area contributed by atoms with Crippen molar-refractivity contribution in [3.63, 3.8) is 0 Å². The van der Waals surface area contributed by atoms with Gasteiger partial charge in [-0.25, -0.2) is 0 Å². The molecule has 0 saturated heterocycles. The van der Waals surface area contributed by atoms with Crippen molar-refractivity contribution in [2.75, 3.05) is 6.54 Å². The lowest BCUT2D eigenvalue weighted by Crippen LogP contribution is -2.43. The van der Waals surface area contributed by atoms with Gasteiger partial charge in [0.05, 0.1) is 5.56 Å². The predicted octanol–water partition coefficient (Wildman–Crippen LogP) is 5.45. The third kappa shape index (κ3) is 3.17. The molecule has 2 bridgehead atoms. The van der Waals surface area contributed by atoms with E-state index in [1.807, 2.05) is 0 Å². The summed E-state index contributed by atoms with van der Waals surface area (Å²) in [5.41, 5.74) is 3.62. The fraction of sp³-hybridized carbons (Fsp3) is 0.609. The molecule has 0 aliphatic heterocycles. The fourth-order valence-corrected chi connectivity index (χ4v) is 5.18. The van der Waals surface area contributed by atoms with E-state index in [0.717, 1.165) is 42.8 Å². The molecule has 26 heavy (non-hydrogen) atoms. The van der Waals surface area contributed by atoms with E-state index in [1.54, 1.807) is 0 Å². The highest BCUT2D eigenvalue weighted by Crippen LogP contribution is 2.49. The summed E-state index contributed by atoms with van der Waals surface area (Å²) in [5.74, 6) is 1.08. The van der Waals surface area contributed by atoms with Crippen molar-refractivity contribution >= 4 is 16.8 Å². The summed E-state index contributed by atoms with van der Waals surface area (Å²) in [6.45, 7) is 6.16. The Bertz CT molecular complexity index is 782. The van der Waals surface area contributed by atoms with Crippen molar-refractivity contribution in [3.05, 3.63) is 35.5 Å². The Hall–Kier alpha value is -1.77. The third-order valence-corrected chi connectivity index (χ3v) is 6.98. The minimum atomic E-state index is 0.113. The maximum Gasteiger partial charge on any atom is 0.253 e. The van der Waals surface area contributed by atoms with E-state index in [4.69, 9.17) is 0 Å². The van der Waals surface area contributed by atoms with Crippen LogP contribution in [0.2, 0.25) is 0 Å². The van der Waals surface area contributed by atoms with Crippen LogP contribution in [0.1, 0.15) is 74.2 Å². The van der Waals surface area contributed by atoms with Crippen LogP contribution in [0.3, 0.4) is 0 Å². The first-order chi connectivity index (χ1) is 12.6. The van der Waals surface area contributed by atoms with Crippen LogP contribution in [0.15, 0.2) is 24.4 Å². The molecular formula is C23H32N2O. The summed E-state index contributed by atoms with van der Waals surface area (Å²) < 4.78 is 2.27. The van der Waals surface area contributed by atoms with E-state index < -0.39 is 0 Å². The first kappa shape index (κ1) is 17.6. The number of carbonyl (C=O) groups excluding carboxylic acids is 1. The zero-order valence-electron chi connectivity index (χ0n) is 16.3. The molecule has 2 aromatic rings.